The zero-order valence-electron chi connectivity index (χ0n) is 11.6. The van der Waals surface area contributed by atoms with Crippen LogP contribution in [0.2, 0.25) is 0 Å². The Bertz CT molecular complexity index is 610. The third kappa shape index (κ3) is 4.45. The van der Waals surface area contributed by atoms with Gasteiger partial charge in [0, 0.05) is 12.8 Å². The highest BCUT2D eigenvalue weighted by Gasteiger charge is 2.29. The number of carbonyl (C=O) groups excluding carboxylic acids is 1. The van der Waals surface area contributed by atoms with E-state index in [4.69, 9.17) is 0 Å². The Morgan fingerprint density at radius 3 is 1.71 bits per heavy atom. The van der Waals surface area contributed by atoms with Crippen LogP contribution in [0, 0.1) is 6.92 Å². The Kier molecular flexibility index (Phi) is 4.46. The molecule has 4 heteroatoms. The highest BCUT2D eigenvalue weighted by atomic mass is 19.4. The molecular weight excluding hydrogens is 277 g/mol. The average Bonchev–Trinajstić information content (AvgIpc) is 2.41. The number of hydrogen-bond donors (Lipinski definition) is 0. The Balaban J connectivity index is 1.98. The van der Waals surface area contributed by atoms with Crippen LogP contribution in [-0.2, 0) is 23.8 Å². The lowest BCUT2D eigenvalue weighted by Gasteiger charge is -2.07. The predicted molar refractivity (Wildman–Crippen MR) is 75.0 cm³/mol. The van der Waals surface area contributed by atoms with Crippen LogP contribution in [0.25, 0.3) is 0 Å². The van der Waals surface area contributed by atoms with Gasteiger partial charge in [-0.25, -0.2) is 0 Å². The fourth-order valence-corrected chi connectivity index (χ4v) is 2.04. The molecule has 2 aromatic rings. The molecule has 0 heterocycles. The van der Waals surface area contributed by atoms with Gasteiger partial charge in [0.15, 0.2) is 0 Å². The first kappa shape index (κ1) is 15.3. The number of Topliss-reactive ketones (excluding diaryl/α,β-unsaturated/α-hetero) is 1. The minimum absolute atomic E-state index is 0.0152. The molecule has 0 bridgehead atoms. The second-order valence-corrected chi connectivity index (χ2v) is 5.07. The lowest BCUT2D eigenvalue weighted by Crippen LogP contribution is -2.08. The van der Waals surface area contributed by atoms with Crippen molar-refractivity contribution in [2.24, 2.45) is 0 Å². The molecule has 0 atom stereocenters. The quantitative estimate of drug-likeness (QED) is 0.818. The van der Waals surface area contributed by atoms with Gasteiger partial charge in [-0.3, -0.25) is 4.79 Å². The molecular formula is C17H15F3O. The van der Waals surface area contributed by atoms with Gasteiger partial charge in [0.05, 0.1) is 5.56 Å². The van der Waals surface area contributed by atoms with Crippen molar-refractivity contribution >= 4 is 5.78 Å². The fraction of sp³-hybridized carbons (Fsp3) is 0.235. The summed E-state index contributed by atoms with van der Waals surface area (Å²) in [6.45, 7) is 1.97. The zero-order chi connectivity index (χ0) is 15.5. The van der Waals surface area contributed by atoms with Gasteiger partial charge in [-0.1, -0.05) is 42.0 Å². The maximum atomic E-state index is 12.4. The molecule has 0 aliphatic heterocycles. The monoisotopic (exact) mass is 292 g/mol. The van der Waals surface area contributed by atoms with Crippen LogP contribution in [0.4, 0.5) is 13.2 Å². The van der Waals surface area contributed by atoms with E-state index < -0.39 is 11.7 Å². The van der Waals surface area contributed by atoms with Crippen molar-refractivity contribution in [2.45, 2.75) is 25.9 Å². The van der Waals surface area contributed by atoms with Crippen molar-refractivity contribution in [3.63, 3.8) is 0 Å². The van der Waals surface area contributed by atoms with Gasteiger partial charge in [0.1, 0.15) is 5.78 Å². The summed E-state index contributed by atoms with van der Waals surface area (Å²) < 4.78 is 37.3. The molecule has 21 heavy (non-hydrogen) atoms. The normalized spacial score (nSPS) is 11.4. The van der Waals surface area contributed by atoms with Gasteiger partial charge < -0.3 is 0 Å². The molecule has 0 saturated carbocycles. The summed E-state index contributed by atoms with van der Waals surface area (Å²) >= 11 is 0. The topological polar surface area (TPSA) is 17.1 Å². The predicted octanol–water partition coefficient (Wildman–Crippen LogP) is 4.37. The minimum atomic E-state index is -4.34. The van der Waals surface area contributed by atoms with E-state index in [0.29, 0.717) is 12.0 Å². The second kappa shape index (κ2) is 6.12. The highest BCUT2D eigenvalue weighted by Crippen LogP contribution is 2.29. The van der Waals surface area contributed by atoms with E-state index in [1.165, 1.54) is 12.1 Å². The molecule has 1 nitrogen and oxygen atoms in total. The largest absolute Gasteiger partial charge is 0.416 e. The van der Waals surface area contributed by atoms with Gasteiger partial charge >= 0.3 is 6.18 Å². The van der Waals surface area contributed by atoms with Crippen LogP contribution in [0.5, 0.6) is 0 Å². The molecule has 0 fully saturated rings. The molecule has 2 aromatic carbocycles. The van der Waals surface area contributed by atoms with Gasteiger partial charge in [-0.15, -0.1) is 0 Å². The average molecular weight is 292 g/mol. The van der Waals surface area contributed by atoms with Crippen molar-refractivity contribution in [1.82, 2.24) is 0 Å². The van der Waals surface area contributed by atoms with Crippen molar-refractivity contribution in [2.75, 3.05) is 0 Å². The molecule has 0 aliphatic carbocycles. The van der Waals surface area contributed by atoms with Gasteiger partial charge in [-0.2, -0.15) is 13.2 Å². The van der Waals surface area contributed by atoms with Crippen LogP contribution in [0.1, 0.15) is 22.3 Å². The number of carbonyl (C=O) groups is 1. The van der Waals surface area contributed by atoms with Crippen molar-refractivity contribution in [3.8, 4) is 0 Å². The third-order valence-corrected chi connectivity index (χ3v) is 3.20. The van der Waals surface area contributed by atoms with Crippen LogP contribution in [0.15, 0.2) is 48.5 Å². The summed E-state index contributed by atoms with van der Waals surface area (Å²) in [5.41, 5.74) is 1.93. The van der Waals surface area contributed by atoms with Crippen molar-refractivity contribution < 1.29 is 18.0 Å². The first-order valence-corrected chi connectivity index (χ1v) is 6.58. The van der Waals surface area contributed by atoms with Crippen molar-refractivity contribution in [3.05, 3.63) is 70.8 Å². The van der Waals surface area contributed by atoms with Crippen LogP contribution in [0.3, 0.4) is 0 Å². The number of halogens is 3. The van der Waals surface area contributed by atoms with Crippen LogP contribution >= 0.6 is 0 Å². The van der Waals surface area contributed by atoms with E-state index in [1.807, 2.05) is 31.2 Å². The summed E-state index contributed by atoms with van der Waals surface area (Å²) in [7, 11) is 0. The Labute approximate surface area is 121 Å². The van der Waals surface area contributed by atoms with Gasteiger partial charge in [-0.05, 0) is 30.2 Å². The molecule has 0 radical (unpaired) electrons. The maximum absolute atomic E-state index is 12.4. The molecule has 0 aromatic heterocycles. The zero-order valence-corrected chi connectivity index (χ0v) is 11.6. The van der Waals surface area contributed by atoms with Crippen LogP contribution in [-0.4, -0.2) is 5.78 Å². The Hall–Kier alpha value is -2.10. The second-order valence-electron chi connectivity index (χ2n) is 5.07. The van der Waals surface area contributed by atoms with E-state index >= 15 is 0 Å². The van der Waals surface area contributed by atoms with Crippen LogP contribution < -0.4 is 0 Å². The molecule has 0 aliphatic rings. The fourth-order valence-electron chi connectivity index (χ4n) is 2.04. The Morgan fingerprint density at radius 2 is 1.29 bits per heavy atom. The molecule has 0 spiro atoms. The molecule has 2 rings (SSSR count). The van der Waals surface area contributed by atoms with E-state index in [9.17, 15) is 18.0 Å². The van der Waals surface area contributed by atoms with Gasteiger partial charge in [0.2, 0.25) is 0 Å². The molecule has 0 N–H and O–H groups in total. The molecule has 110 valence electrons. The summed E-state index contributed by atoms with van der Waals surface area (Å²) in [5, 5.41) is 0. The lowest BCUT2D eigenvalue weighted by molar-refractivity contribution is -0.137. The number of hydrogen-bond acceptors (Lipinski definition) is 1. The minimum Gasteiger partial charge on any atom is -0.299 e. The number of benzene rings is 2. The SMILES string of the molecule is Cc1ccc(CC(=O)Cc2ccc(C(F)(F)F)cc2)cc1. The number of ketones is 1. The highest BCUT2D eigenvalue weighted by molar-refractivity contribution is 5.83. The van der Waals surface area contributed by atoms with Crippen molar-refractivity contribution in [1.29, 1.82) is 0 Å². The molecule has 0 saturated heterocycles. The summed E-state index contributed by atoms with van der Waals surface area (Å²) in [4.78, 5) is 11.9. The lowest BCUT2D eigenvalue weighted by atomic mass is 10.0. The molecule has 0 amide bonds. The number of rotatable bonds is 4. The van der Waals surface area contributed by atoms with E-state index in [-0.39, 0.29) is 12.2 Å². The summed E-state index contributed by atoms with van der Waals surface area (Å²) in [5.74, 6) is -0.0152. The maximum Gasteiger partial charge on any atom is 0.416 e. The number of aryl methyl sites for hydroxylation is 1. The summed E-state index contributed by atoms with van der Waals surface area (Å²) in [6, 6.07) is 12.4. The first-order valence-electron chi connectivity index (χ1n) is 6.58. The Morgan fingerprint density at radius 1 is 0.857 bits per heavy atom. The molecule has 0 unspecified atom stereocenters. The van der Waals surface area contributed by atoms with E-state index in [1.54, 1.807) is 0 Å². The first-order chi connectivity index (χ1) is 9.84. The van der Waals surface area contributed by atoms with E-state index in [0.717, 1.165) is 23.3 Å². The number of alkyl halides is 3. The standard InChI is InChI=1S/C17H15F3O/c1-12-2-4-13(5-3-12)10-16(21)11-14-6-8-15(9-7-14)17(18,19)20/h2-9H,10-11H2,1H3. The van der Waals surface area contributed by atoms with Gasteiger partial charge in [0.25, 0.3) is 0 Å². The van der Waals surface area contributed by atoms with E-state index in [2.05, 4.69) is 0 Å². The third-order valence-electron chi connectivity index (χ3n) is 3.20. The summed E-state index contributed by atoms with van der Waals surface area (Å²) in [6.07, 6.45) is -3.91. The smallest absolute Gasteiger partial charge is 0.299 e.